The molecule has 0 saturated heterocycles. The topological polar surface area (TPSA) is 79.4 Å². The Kier molecular flexibility index (Phi) is 3.22. The van der Waals surface area contributed by atoms with Crippen LogP contribution in [-0.2, 0) is 0 Å². The molecule has 0 bridgehead atoms. The molecule has 97 valence electrons. The van der Waals surface area contributed by atoms with Crippen LogP contribution >= 0.6 is 0 Å². The largest absolute Gasteiger partial charge is 0.508 e. The van der Waals surface area contributed by atoms with Gasteiger partial charge >= 0.3 is 7.48 Å². The first-order valence-corrected chi connectivity index (χ1v) is 5.97. The Labute approximate surface area is 115 Å². The van der Waals surface area contributed by atoms with E-state index in [0.717, 1.165) is 18.6 Å². The second-order valence-corrected chi connectivity index (χ2v) is 4.22. The zero-order valence-corrected chi connectivity index (χ0v) is 10.4. The second kappa shape index (κ2) is 5.18. The van der Waals surface area contributed by atoms with Crippen LogP contribution in [0.2, 0.25) is 0 Å². The standard InChI is InChI=1S/C14H10BN2O3/c18-12-7-3-10(4-8-12)14-16-13(17-20-14)9-1-5-11(15-19)6-2-9/h1-8,18-19H. The molecule has 0 aliphatic heterocycles. The van der Waals surface area contributed by atoms with Gasteiger partial charge in [0.25, 0.3) is 5.89 Å². The van der Waals surface area contributed by atoms with Crippen molar-refractivity contribution in [2.75, 3.05) is 0 Å². The molecule has 1 heterocycles. The molecule has 3 aromatic rings. The van der Waals surface area contributed by atoms with Crippen LogP contribution in [0.25, 0.3) is 22.8 Å². The molecule has 5 nitrogen and oxygen atoms in total. The number of aromatic nitrogens is 2. The highest BCUT2D eigenvalue weighted by molar-refractivity contribution is 6.45. The fourth-order valence-corrected chi connectivity index (χ4v) is 1.78. The fraction of sp³-hybridized carbons (Fsp3) is 0. The van der Waals surface area contributed by atoms with E-state index in [2.05, 4.69) is 10.1 Å². The maximum absolute atomic E-state index is 9.25. The first-order valence-electron chi connectivity index (χ1n) is 5.97. The van der Waals surface area contributed by atoms with Crippen LogP contribution in [0, 0.1) is 0 Å². The monoisotopic (exact) mass is 265 g/mol. The molecule has 2 aromatic carbocycles. The zero-order valence-electron chi connectivity index (χ0n) is 10.4. The molecule has 0 fully saturated rings. The van der Waals surface area contributed by atoms with Gasteiger partial charge in [-0.05, 0) is 24.3 Å². The van der Waals surface area contributed by atoms with Gasteiger partial charge in [-0.15, -0.1) is 0 Å². The van der Waals surface area contributed by atoms with Crippen LogP contribution in [0.3, 0.4) is 0 Å². The summed E-state index contributed by atoms with van der Waals surface area (Å²) in [6.07, 6.45) is 0. The number of hydrogen-bond acceptors (Lipinski definition) is 5. The van der Waals surface area contributed by atoms with E-state index in [-0.39, 0.29) is 5.75 Å². The molecule has 3 rings (SSSR count). The molecule has 0 atom stereocenters. The summed E-state index contributed by atoms with van der Waals surface area (Å²) in [5, 5.41) is 22.0. The summed E-state index contributed by atoms with van der Waals surface area (Å²) in [5.41, 5.74) is 2.24. The summed E-state index contributed by atoms with van der Waals surface area (Å²) in [5.74, 6) is 1.04. The van der Waals surface area contributed by atoms with Crippen molar-refractivity contribution < 1.29 is 14.7 Å². The van der Waals surface area contributed by atoms with Gasteiger partial charge in [0.1, 0.15) is 5.75 Å². The molecule has 20 heavy (non-hydrogen) atoms. The van der Waals surface area contributed by atoms with Crippen LogP contribution in [-0.4, -0.2) is 27.8 Å². The minimum atomic E-state index is 0.185. The van der Waals surface area contributed by atoms with Crippen LogP contribution in [0.1, 0.15) is 0 Å². The van der Waals surface area contributed by atoms with Crippen LogP contribution in [0.15, 0.2) is 53.1 Å². The molecule has 0 saturated carbocycles. The third kappa shape index (κ3) is 2.41. The normalized spacial score (nSPS) is 10.4. The lowest BCUT2D eigenvalue weighted by Crippen LogP contribution is -2.11. The summed E-state index contributed by atoms with van der Waals surface area (Å²) < 4.78 is 5.20. The number of nitrogens with zero attached hydrogens (tertiary/aromatic N) is 2. The van der Waals surface area contributed by atoms with Crippen molar-refractivity contribution in [3.05, 3.63) is 48.5 Å². The van der Waals surface area contributed by atoms with Crippen LogP contribution in [0.5, 0.6) is 5.75 Å². The van der Waals surface area contributed by atoms with Crippen molar-refractivity contribution in [1.29, 1.82) is 0 Å². The van der Waals surface area contributed by atoms with Crippen molar-refractivity contribution in [2.24, 2.45) is 0 Å². The van der Waals surface area contributed by atoms with E-state index in [1.165, 1.54) is 0 Å². The second-order valence-electron chi connectivity index (χ2n) is 4.22. The molecule has 0 unspecified atom stereocenters. The number of rotatable bonds is 3. The van der Waals surface area contributed by atoms with Crippen molar-refractivity contribution in [3.8, 4) is 28.6 Å². The lowest BCUT2D eigenvalue weighted by Gasteiger charge is -1.96. The predicted molar refractivity (Wildman–Crippen MR) is 74.4 cm³/mol. The van der Waals surface area contributed by atoms with Gasteiger partial charge in [0.2, 0.25) is 5.82 Å². The van der Waals surface area contributed by atoms with Gasteiger partial charge in [0, 0.05) is 11.1 Å². The number of phenolic OH excluding ortho intramolecular Hbond substituents is 1. The van der Waals surface area contributed by atoms with Gasteiger partial charge in [0.05, 0.1) is 0 Å². The molecule has 1 aromatic heterocycles. The van der Waals surface area contributed by atoms with E-state index in [9.17, 15) is 5.11 Å². The number of hydrogen-bond donors (Lipinski definition) is 2. The molecule has 0 aliphatic carbocycles. The highest BCUT2D eigenvalue weighted by atomic mass is 16.5. The molecular weight excluding hydrogens is 255 g/mol. The molecule has 6 heteroatoms. The van der Waals surface area contributed by atoms with E-state index in [1.54, 1.807) is 48.5 Å². The van der Waals surface area contributed by atoms with Gasteiger partial charge in [-0.25, -0.2) is 0 Å². The molecule has 0 amide bonds. The number of benzene rings is 2. The smallest absolute Gasteiger partial charge is 0.326 e. The summed E-state index contributed by atoms with van der Waals surface area (Å²) >= 11 is 0. The number of phenols is 1. The Hall–Kier alpha value is -2.60. The Morgan fingerprint density at radius 2 is 1.55 bits per heavy atom. The van der Waals surface area contributed by atoms with Gasteiger partial charge in [-0.2, -0.15) is 4.98 Å². The highest BCUT2D eigenvalue weighted by Crippen LogP contribution is 2.23. The molecule has 2 N–H and O–H groups in total. The van der Waals surface area contributed by atoms with E-state index >= 15 is 0 Å². The summed E-state index contributed by atoms with van der Waals surface area (Å²) in [6.45, 7) is 0. The SMILES string of the molecule is O[B]c1ccc(-c2noc(-c3ccc(O)cc3)n2)cc1. The van der Waals surface area contributed by atoms with Gasteiger partial charge in [0.15, 0.2) is 0 Å². The van der Waals surface area contributed by atoms with Gasteiger partial charge in [-0.3, -0.25) is 0 Å². The summed E-state index contributed by atoms with van der Waals surface area (Å²) in [6, 6.07) is 13.6. The highest BCUT2D eigenvalue weighted by Gasteiger charge is 2.10. The minimum absolute atomic E-state index is 0.185. The summed E-state index contributed by atoms with van der Waals surface area (Å²) in [4.78, 5) is 4.30. The van der Waals surface area contributed by atoms with E-state index in [0.29, 0.717) is 17.2 Å². The van der Waals surface area contributed by atoms with E-state index in [1.807, 2.05) is 0 Å². The zero-order chi connectivity index (χ0) is 13.9. The summed E-state index contributed by atoms with van der Waals surface area (Å²) in [7, 11) is 1.03. The van der Waals surface area contributed by atoms with Crippen molar-refractivity contribution in [1.82, 2.24) is 10.1 Å². The molecular formula is C14H10BN2O3. The average Bonchev–Trinajstić information content (AvgIpc) is 2.98. The van der Waals surface area contributed by atoms with Crippen molar-refractivity contribution in [3.63, 3.8) is 0 Å². The number of aromatic hydroxyl groups is 1. The van der Waals surface area contributed by atoms with Gasteiger partial charge < -0.3 is 14.7 Å². The first kappa shape index (κ1) is 12.4. The Balaban J connectivity index is 1.91. The molecule has 1 radical (unpaired) electrons. The van der Waals surface area contributed by atoms with Crippen molar-refractivity contribution in [2.45, 2.75) is 0 Å². The lowest BCUT2D eigenvalue weighted by molar-refractivity contribution is 0.432. The van der Waals surface area contributed by atoms with Crippen LogP contribution < -0.4 is 5.46 Å². The Morgan fingerprint density at radius 1 is 0.900 bits per heavy atom. The quantitative estimate of drug-likeness (QED) is 0.698. The van der Waals surface area contributed by atoms with Crippen LogP contribution in [0.4, 0.5) is 0 Å². The molecule has 0 aliphatic rings. The maximum atomic E-state index is 9.25. The lowest BCUT2D eigenvalue weighted by atomic mass is 9.88. The predicted octanol–water partition coefficient (Wildman–Crippen LogP) is 1.35. The Bertz CT molecular complexity index is 708. The fourth-order valence-electron chi connectivity index (χ4n) is 1.78. The molecule has 0 spiro atoms. The maximum Gasteiger partial charge on any atom is 0.326 e. The average molecular weight is 265 g/mol. The first-order chi connectivity index (χ1) is 9.76. The Morgan fingerprint density at radius 3 is 2.20 bits per heavy atom. The van der Waals surface area contributed by atoms with Crippen molar-refractivity contribution >= 4 is 12.9 Å². The third-order valence-electron chi connectivity index (χ3n) is 2.86. The van der Waals surface area contributed by atoms with Gasteiger partial charge in [-0.1, -0.05) is 34.9 Å². The van der Waals surface area contributed by atoms with E-state index < -0.39 is 0 Å². The van der Waals surface area contributed by atoms with E-state index in [4.69, 9.17) is 9.55 Å². The third-order valence-corrected chi connectivity index (χ3v) is 2.86. The minimum Gasteiger partial charge on any atom is -0.508 e.